The van der Waals surface area contributed by atoms with Gasteiger partial charge in [0.15, 0.2) is 5.60 Å². The van der Waals surface area contributed by atoms with Gasteiger partial charge in [-0.2, -0.15) is 4.89 Å². The number of carbonyl (C=O) groups excluding carboxylic acids is 2. The molecule has 0 aliphatic carbocycles. The Morgan fingerprint density at radius 2 is 1.22 bits per heavy atom. The van der Waals surface area contributed by atoms with Crippen LogP contribution in [0.3, 0.4) is 0 Å². The molecule has 2 N–H and O–H groups in total. The highest BCUT2D eigenvalue weighted by Gasteiger charge is 2.81. The summed E-state index contributed by atoms with van der Waals surface area (Å²) in [6.07, 6.45) is 0. The highest BCUT2D eigenvalue weighted by atomic mass is 17.3. The van der Waals surface area contributed by atoms with Crippen molar-refractivity contribution in [2.75, 3.05) is 65.8 Å². The van der Waals surface area contributed by atoms with Crippen LogP contribution in [0.2, 0.25) is 0 Å². The normalized spacial score (nSPS) is 26.3. The van der Waals surface area contributed by atoms with Gasteiger partial charge in [0.2, 0.25) is 0 Å². The number of morpholine rings is 2. The summed E-state index contributed by atoms with van der Waals surface area (Å²) >= 11 is 0. The Balaban J connectivity index is 0.000000185. The molecule has 12 heteroatoms. The van der Waals surface area contributed by atoms with Crippen molar-refractivity contribution in [2.24, 2.45) is 21.7 Å². The highest BCUT2D eigenvalue weighted by Crippen LogP contribution is 2.69. The molecule has 2 aromatic rings. The van der Waals surface area contributed by atoms with Crippen molar-refractivity contribution in [3.8, 4) is 11.5 Å². The van der Waals surface area contributed by atoms with Crippen molar-refractivity contribution in [1.82, 2.24) is 9.80 Å². The molecule has 5 aliphatic rings. The Kier molecular flexibility index (Phi) is 10.5. The molecule has 2 atom stereocenters. The van der Waals surface area contributed by atoms with Gasteiger partial charge in [-0.3, -0.25) is 9.59 Å². The number of hydrogen-bond acceptors (Lipinski definition) is 10. The number of amides is 2. The van der Waals surface area contributed by atoms with Gasteiger partial charge < -0.3 is 39.0 Å². The molecule has 0 aromatic heterocycles. The second-order valence-electron chi connectivity index (χ2n) is 18.3. The van der Waals surface area contributed by atoms with Crippen molar-refractivity contribution in [2.45, 2.75) is 80.6 Å². The summed E-state index contributed by atoms with van der Waals surface area (Å²) in [6.45, 7) is 26.7. The van der Waals surface area contributed by atoms with Gasteiger partial charge in [-0.05, 0) is 35.3 Å². The SMILES string of the molecule is CC(C)(C)C12OOC1(c1ccc(C(=O)N3CCOCC3)c(O)c1)OCC2(C)C.CC(C)(C)C1=C(c2ccc(C(=O)N3CCOCC3)c(O)c2)OCC1(C)C. The Labute approximate surface area is 319 Å². The molecule has 5 aliphatic heterocycles. The molecule has 296 valence electrons. The largest absolute Gasteiger partial charge is 0.507 e. The smallest absolute Gasteiger partial charge is 0.261 e. The molecule has 0 spiro atoms. The molecule has 0 radical (unpaired) electrons. The second-order valence-corrected chi connectivity index (χ2v) is 18.3. The lowest BCUT2D eigenvalue weighted by Crippen LogP contribution is -2.73. The molecular weight excluding hydrogens is 692 g/mol. The molecule has 2 amide bonds. The maximum atomic E-state index is 12.8. The number of phenols is 2. The van der Waals surface area contributed by atoms with Crippen LogP contribution in [0.5, 0.6) is 11.5 Å². The number of benzene rings is 2. The van der Waals surface area contributed by atoms with E-state index in [0.29, 0.717) is 76.9 Å². The third-order valence-electron chi connectivity index (χ3n) is 11.3. The van der Waals surface area contributed by atoms with E-state index in [1.165, 1.54) is 5.57 Å². The Hall–Kier alpha value is -3.68. The fraction of sp³-hybridized carbons (Fsp3) is 0.619. The molecule has 0 saturated carbocycles. The van der Waals surface area contributed by atoms with Crippen LogP contribution in [-0.2, 0) is 34.5 Å². The summed E-state index contributed by atoms with van der Waals surface area (Å²) in [4.78, 5) is 40.2. The zero-order valence-corrected chi connectivity index (χ0v) is 33.6. The first-order valence-corrected chi connectivity index (χ1v) is 19.0. The third kappa shape index (κ3) is 6.67. The first-order valence-electron chi connectivity index (χ1n) is 19.0. The predicted octanol–water partition coefficient (Wildman–Crippen LogP) is 6.50. The Bertz CT molecular complexity index is 1790. The van der Waals surface area contributed by atoms with Crippen LogP contribution in [0.15, 0.2) is 42.0 Å². The van der Waals surface area contributed by atoms with Gasteiger partial charge in [-0.1, -0.05) is 81.4 Å². The minimum atomic E-state index is -1.12. The van der Waals surface area contributed by atoms with Crippen LogP contribution in [0.4, 0.5) is 0 Å². The number of hydrogen-bond donors (Lipinski definition) is 2. The van der Waals surface area contributed by atoms with Crippen LogP contribution < -0.4 is 0 Å². The fourth-order valence-electron chi connectivity index (χ4n) is 9.17. The van der Waals surface area contributed by atoms with E-state index in [2.05, 4.69) is 69.2 Å². The van der Waals surface area contributed by atoms with Crippen LogP contribution in [0.1, 0.15) is 101 Å². The topological polar surface area (TPSA) is 136 Å². The number of rotatable bonds is 4. The molecule has 4 fully saturated rings. The van der Waals surface area contributed by atoms with Crippen molar-refractivity contribution in [3.63, 3.8) is 0 Å². The Morgan fingerprint density at radius 3 is 1.67 bits per heavy atom. The summed E-state index contributed by atoms with van der Waals surface area (Å²) in [5.74, 6) is -0.751. The zero-order valence-electron chi connectivity index (χ0n) is 33.6. The highest BCUT2D eigenvalue weighted by molar-refractivity contribution is 5.98. The second kappa shape index (κ2) is 14.1. The van der Waals surface area contributed by atoms with E-state index in [4.69, 9.17) is 28.7 Å². The molecule has 4 saturated heterocycles. The lowest BCUT2D eigenvalue weighted by Gasteiger charge is -2.61. The van der Waals surface area contributed by atoms with Crippen molar-refractivity contribution in [3.05, 3.63) is 64.2 Å². The monoisotopic (exact) mass is 750 g/mol. The molecule has 7 rings (SSSR count). The molecule has 2 aromatic carbocycles. The standard InChI is InChI=1S/C21H29NO6.C21H29NO4/c1-18(2,3)21-19(4,5)13-26-20(21,27-28-21)14-6-7-15(16(23)12-14)17(24)22-8-10-25-11-9-22;1-20(2,3)18-17(26-13-21(18,4)5)14-6-7-15(16(23)12-14)19(24)22-8-10-25-11-9-22/h6-7,12,23H,8-11,13H2,1-5H3;6-7,12,23H,8-11,13H2,1-5H3. The van der Waals surface area contributed by atoms with Gasteiger partial charge in [0, 0.05) is 53.6 Å². The van der Waals surface area contributed by atoms with Gasteiger partial charge >= 0.3 is 0 Å². The maximum Gasteiger partial charge on any atom is 0.261 e. The summed E-state index contributed by atoms with van der Waals surface area (Å²) in [5.41, 5.74) is 1.86. The van der Waals surface area contributed by atoms with Crippen LogP contribution in [-0.4, -0.2) is 103 Å². The van der Waals surface area contributed by atoms with Gasteiger partial charge in [0.05, 0.1) is 50.8 Å². The number of aromatic hydroxyl groups is 2. The fourth-order valence-corrected chi connectivity index (χ4v) is 9.17. The van der Waals surface area contributed by atoms with E-state index < -0.39 is 11.4 Å². The van der Waals surface area contributed by atoms with E-state index in [9.17, 15) is 19.8 Å². The summed E-state index contributed by atoms with van der Waals surface area (Å²) in [7, 11) is 0. The minimum absolute atomic E-state index is 0.00643. The number of fused-ring (bicyclic) bond motifs is 1. The van der Waals surface area contributed by atoms with E-state index >= 15 is 0 Å². The van der Waals surface area contributed by atoms with Gasteiger partial charge in [0.1, 0.15) is 17.3 Å². The van der Waals surface area contributed by atoms with E-state index in [1.807, 2.05) is 6.07 Å². The van der Waals surface area contributed by atoms with Crippen molar-refractivity contribution < 1.29 is 48.5 Å². The van der Waals surface area contributed by atoms with Crippen LogP contribution in [0.25, 0.3) is 5.76 Å². The number of ether oxygens (including phenoxy) is 4. The van der Waals surface area contributed by atoms with Gasteiger partial charge in [-0.15, -0.1) is 0 Å². The maximum absolute atomic E-state index is 12.8. The summed E-state index contributed by atoms with van der Waals surface area (Å²) < 4.78 is 22.8. The molecule has 5 heterocycles. The minimum Gasteiger partial charge on any atom is -0.507 e. The lowest BCUT2D eigenvalue weighted by atomic mass is 9.57. The number of carbonyl (C=O) groups is 2. The van der Waals surface area contributed by atoms with Crippen LogP contribution in [0, 0.1) is 21.7 Å². The van der Waals surface area contributed by atoms with E-state index in [-0.39, 0.29) is 50.5 Å². The molecule has 2 unspecified atom stereocenters. The molecule has 54 heavy (non-hydrogen) atoms. The third-order valence-corrected chi connectivity index (χ3v) is 11.3. The predicted molar refractivity (Wildman–Crippen MR) is 202 cm³/mol. The average Bonchev–Trinajstić information content (AvgIpc) is 3.51. The molecule has 0 bridgehead atoms. The Morgan fingerprint density at radius 1 is 0.704 bits per heavy atom. The quantitative estimate of drug-likeness (QED) is 0.334. The first kappa shape index (κ1) is 40.0. The van der Waals surface area contributed by atoms with Gasteiger partial charge in [0.25, 0.3) is 17.6 Å². The number of nitrogens with zero attached hydrogens (tertiary/aromatic N) is 2. The van der Waals surface area contributed by atoms with Gasteiger partial charge in [-0.25, -0.2) is 4.89 Å². The number of phenolic OH excluding ortho intramolecular Hbond substituents is 2. The zero-order chi connectivity index (χ0) is 39.5. The summed E-state index contributed by atoms with van der Waals surface area (Å²) in [6, 6.07) is 10.2. The van der Waals surface area contributed by atoms with E-state index in [0.717, 1.165) is 11.3 Å². The van der Waals surface area contributed by atoms with E-state index in [1.54, 1.807) is 40.1 Å². The lowest BCUT2D eigenvalue weighted by molar-refractivity contribution is -0.626. The first-order chi connectivity index (χ1) is 25.2. The average molecular weight is 751 g/mol. The molecular formula is C42H58N2O10. The van der Waals surface area contributed by atoms with Crippen molar-refractivity contribution in [1.29, 1.82) is 0 Å². The van der Waals surface area contributed by atoms with Crippen molar-refractivity contribution >= 4 is 17.6 Å². The molecule has 12 nitrogen and oxygen atoms in total. The van der Waals surface area contributed by atoms with Crippen LogP contribution >= 0.6 is 0 Å². The summed E-state index contributed by atoms with van der Waals surface area (Å²) in [5, 5.41) is 21.2.